The highest BCUT2D eigenvalue weighted by atomic mass is 16.5. The molecule has 146 valence electrons. The van der Waals surface area contributed by atoms with Gasteiger partial charge in [-0.2, -0.15) is 4.98 Å². The summed E-state index contributed by atoms with van der Waals surface area (Å²) >= 11 is 0. The van der Waals surface area contributed by atoms with E-state index in [1.165, 1.54) is 0 Å². The van der Waals surface area contributed by atoms with Gasteiger partial charge in [0.05, 0.1) is 0 Å². The molecule has 0 saturated carbocycles. The number of hydrogen-bond donors (Lipinski definition) is 2. The summed E-state index contributed by atoms with van der Waals surface area (Å²) in [5, 5.41) is 17.2. The van der Waals surface area contributed by atoms with Crippen LogP contribution >= 0.6 is 0 Å². The predicted octanol–water partition coefficient (Wildman–Crippen LogP) is 2.64. The van der Waals surface area contributed by atoms with Crippen molar-refractivity contribution in [2.24, 2.45) is 0 Å². The number of anilines is 1. The highest BCUT2D eigenvalue weighted by Gasteiger charge is 2.23. The smallest absolute Gasteiger partial charge is 0.319 e. The largest absolute Gasteiger partial charge is 0.421 e. The Kier molecular flexibility index (Phi) is 5.29. The van der Waals surface area contributed by atoms with Gasteiger partial charge in [0.25, 0.3) is 5.89 Å². The van der Waals surface area contributed by atoms with E-state index < -0.39 is 0 Å². The van der Waals surface area contributed by atoms with Gasteiger partial charge in [-0.1, -0.05) is 5.16 Å². The first kappa shape index (κ1) is 18.1. The Hall–Kier alpha value is -3.27. The molecule has 28 heavy (non-hydrogen) atoms. The third kappa shape index (κ3) is 4.34. The van der Waals surface area contributed by atoms with E-state index in [1.54, 1.807) is 31.2 Å². The molecule has 0 aliphatic carbocycles. The summed E-state index contributed by atoms with van der Waals surface area (Å²) in [6.07, 6.45) is 2.27. The summed E-state index contributed by atoms with van der Waals surface area (Å²) in [5.41, 5.74) is 1.43. The molecule has 0 spiro atoms. The Morgan fingerprint density at radius 1 is 1.25 bits per heavy atom. The van der Waals surface area contributed by atoms with Gasteiger partial charge in [-0.15, -0.1) is 10.2 Å². The summed E-state index contributed by atoms with van der Waals surface area (Å²) in [7, 11) is 0. The molecule has 1 fully saturated rings. The molecule has 1 aliphatic rings. The second-order valence-electron chi connectivity index (χ2n) is 6.38. The standard InChI is InChI=1S/C18H20N6O4/c1-11-22-23-16(27-11)12-4-6-13(7-5-12)20-18(25)19-9-8-15-21-17(28-24-15)14-3-2-10-26-14/h4-7,14H,2-3,8-10H2,1H3,(H2,19,20,25)/t14-/m1/s1. The van der Waals surface area contributed by atoms with Gasteiger partial charge in [-0.3, -0.25) is 0 Å². The molecule has 2 aromatic heterocycles. The molecule has 10 heteroatoms. The van der Waals surface area contributed by atoms with Crippen molar-refractivity contribution in [1.29, 1.82) is 0 Å². The van der Waals surface area contributed by atoms with Crippen LogP contribution in [0.5, 0.6) is 0 Å². The van der Waals surface area contributed by atoms with Crippen molar-refractivity contribution in [3.8, 4) is 11.5 Å². The summed E-state index contributed by atoms with van der Waals surface area (Å²) in [5.74, 6) is 2.00. The lowest BCUT2D eigenvalue weighted by Gasteiger charge is -2.07. The normalized spacial score (nSPS) is 16.2. The van der Waals surface area contributed by atoms with Gasteiger partial charge in [0.2, 0.25) is 11.8 Å². The van der Waals surface area contributed by atoms with Crippen molar-refractivity contribution in [2.45, 2.75) is 32.3 Å². The number of urea groups is 1. The first-order chi connectivity index (χ1) is 13.7. The lowest BCUT2D eigenvalue weighted by molar-refractivity contribution is 0.0835. The van der Waals surface area contributed by atoms with E-state index in [2.05, 4.69) is 31.0 Å². The fourth-order valence-corrected chi connectivity index (χ4v) is 2.84. The van der Waals surface area contributed by atoms with E-state index in [9.17, 15) is 4.79 Å². The van der Waals surface area contributed by atoms with Crippen LogP contribution in [0.4, 0.5) is 10.5 Å². The molecule has 3 aromatic rings. The number of benzene rings is 1. The molecular weight excluding hydrogens is 364 g/mol. The molecule has 2 N–H and O–H groups in total. The van der Waals surface area contributed by atoms with Crippen molar-refractivity contribution in [3.63, 3.8) is 0 Å². The van der Waals surface area contributed by atoms with Crippen molar-refractivity contribution >= 4 is 11.7 Å². The Balaban J connectivity index is 1.23. The van der Waals surface area contributed by atoms with Crippen LogP contribution in [-0.2, 0) is 11.2 Å². The van der Waals surface area contributed by atoms with E-state index in [-0.39, 0.29) is 12.1 Å². The van der Waals surface area contributed by atoms with Crippen LogP contribution < -0.4 is 10.6 Å². The Bertz CT molecular complexity index is 930. The van der Waals surface area contributed by atoms with E-state index in [0.717, 1.165) is 25.0 Å². The maximum atomic E-state index is 12.0. The van der Waals surface area contributed by atoms with E-state index in [4.69, 9.17) is 13.7 Å². The molecule has 1 aromatic carbocycles. The first-order valence-corrected chi connectivity index (χ1v) is 9.07. The predicted molar refractivity (Wildman–Crippen MR) is 97.4 cm³/mol. The number of nitrogens with one attached hydrogen (secondary N) is 2. The second kappa shape index (κ2) is 8.17. The lowest BCUT2D eigenvalue weighted by atomic mass is 10.2. The Labute approximate surface area is 160 Å². The van der Waals surface area contributed by atoms with Crippen LogP contribution in [0, 0.1) is 6.92 Å². The maximum Gasteiger partial charge on any atom is 0.319 e. The summed E-state index contributed by atoms with van der Waals surface area (Å²) in [6, 6.07) is 6.82. The maximum absolute atomic E-state index is 12.0. The Morgan fingerprint density at radius 2 is 2.11 bits per heavy atom. The average Bonchev–Trinajstić information content (AvgIpc) is 3.44. The van der Waals surface area contributed by atoms with Gasteiger partial charge < -0.3 is 24.3 Å². The zero-order chi connectivity index (χ0) is 19.3. The molecule has 1 atom stereocenters. The molecule has 0 unspecified atom stereocenters. The molecule has 3 heterocycles. The number of rotatable bonds is 6. The van der Waals surface area contributed by atoms with Crippen molar-refractivity contribution in [1.82, 2.24) is 25.7 Å². The van der Waals surface area contributed by atoms with Gasteiger partial charge in [0.1, 0.15) is 6.10 Å². The minimum Gasteiger partial charge on any atom is -0.421 e. The summed E-state index contributed by atoms with van der Waals surface area (Å²) < 4.78 is 16.1. The molecule has 1 saturated heterocycles. The zero-order valence-corrected chi connectivity index (χ0v) is 15.3. The van der Waals surface area contributed by atoms with Gasteiger partial charge in [0.15, 0.2) is 5.82 Å². The minimum absolute atomic E-state index is 0.100. The second-order valence-corrected chi connectivity index (χ2v) is 6.38. The topological polar surface area (TPSA) is 128 Å². The van der Waals surface area contributed by atoms with Crippen molar-refractivity contribution in [2.75, 3.05) is 18.5 Å². The van der Waals surface area contributed by atoms with Crippen LogP contribution in [-0.4, -0.2) is 39.5 Å². The molecule has 0 radical (unpaired) electrons. The number of carbonyl (C=O) groups is 1. The van der Waals surface area contributed by atoms with Crippen molar-refractivity contribution in [3.05, 3.63) is 41.9 Å². The third-order valence-corrected chi connectivity index (χ3v) is 4.24. The van der Waals surface area contributed by atoms with Gasteiger partial charge in [-0.05, 0) is 37.1 Å². The van der Waals surface area contributed by atoms with Gasteiger partial charge in [0, 0.05) is 37.7 Å². The number of hydrogen-bond acceptors (Lipinski definition) is 8. The molecule has 2 amide bonds. The number of amides is 2. The number of nitrogens with zero attached hydrogens (tertiary/aromatic N) is 4. The van der Waals surface area contributed by atoms with Crippen LogP contribution in [0.2, 0.25) is 0 Å². The fraction of sp³-hybridized carbons (Fsp3) is 0.389. The van der Waals surface area contributed by atoms with Gasteiger partial charge >= 0.3 is 6.03 Å². The van der Waals surface area contributed by atoms with Crippen molar-refractivity contribution < 1.29 is 18.5 Å². The molecule has 4 rings (SSSR count). The van der Waals surface area contributed by atoms with Crippen LogP contribution in [0.3, 0.4) is 0 Å². The van der Waals surface area contributed by atoms with Crippen LogP contribution in [0.15, 0.2) is 33.2 Å². The SMILES string of the molecule is Cc1nnc(-c2ccc(NC(=O)NCCc3noc([C@H]4CCCO4)n3)cc2)o1. The van der Waals surface area contributed by atoms with Gasteiger partial charge in [-0.25, -0.2) is 4.79 Å². The first-order valence-electron chi connectivity index (χ1n) is 9.07. The summed E-state index contributed by atoms with van der Waals surface area (Å²) in [6.45, 7) is 2.84. The number of ether oxygens (including phenoxy) is 1. The fourth-order valence-electron chi connectivity index (χ4n) is 2.84. The van der Waals surface area contributed by atoms with E-state index >= 15 is 0 Å². The van der Waals surface area contributed by atoms with E-state index in [0.29, 0.717) is 42.1 Å². The van der Waals surface area contributed by atoms with E-state index in [1.807, 2.05) is 0 Å². The van der Waals surface area contributed by atoms with Crippen LogP contribution in [0.1, 0.15) is 36.6 Å². The third-order valence-electron chi connectivity index (χ3n) is 4.24. The minimum atomic E-state index is -0.316. The van der Waals surface area contributed by atoms with Crippen LogP contribution in [0.25, 0.3) is 11.5 Å². The highest BCUT2D eigenvalue weighted by molar-refractivity contribution is 5.89. The highest BCUT2D eigenvalue weighted by Crippen LogP contribution is 2.26. The quantitative estimate of drug-likeness (QED) is 0.664. The zero-order valence-electron chi connectivity index (χ0n) is 15.3. The summed E-state index contributed by atoms with van der Waals surface area (Å²) in [4.78, 5) is 16.3. The molecule has 0 bridgehead atoms. The average molecular weight is 384 g/mol. The number of aryl methyl sites for hydroxylation is 1. The molecular formula is C18H20N6O4. The Morgan fingerprint density at radius 3 is 2.82 bits per heavy atom. The monoisotopic (exact) mass is 384 g/mol. The lowest BCUT2D eigenvalue weighted by Crippen LogP contribution is -2.30. The number of aromatic nitrogens is 4. The molecule has 10 nitrogen and oxygen atoms in total. The molecule has 1 aliphatic heterocycles. The number of carbonyl (C=O) groups excluding carboxylic acids is 1.